The molecule has 2 rings (SSSR count). The zero-order valence-corrected chi connectivity index (χ0v) is 8.95. The molecule has 0 spiro atoms. The second-order valence-corrected chi connectivity index (χ2v) is 4.10. The predicted octanol–water partition coefficient (Wildman–Crippen LogP) is 2.09. The second-order valence-electron chi connectivity index (χ2n) is 4.10. The molecule has 0 aromatic carbocycles. The summed E-state index contributed by atoms with van der Waals surface area (Å²) in [6, 6.07) is -0.0677. The summed E-state index contributed by atoms with van der Waals surface area (Å²) in [6.07, 6.45) is 11.5. The van der Waals surface area contributed by atoms with Crippen molar-refractivity contribution in [2.75, 3.05) is 0 Å². The maximum atomic E-state index is 6.14. The average molecular weight is 206 g/mol. The molecule has 0 aliphatic heterocycles. The zero-order chi connectivity index (χ0) is 10.5. The monoisotopic (exact) mass is 206 g/mol. The van der Waals surface area contributed by atoms with Crippen LogP contribution in [0.3, 0.4) is 0 Å². The standard InChI is InChI=1S/C11H18N4/c12-11(10-8-13-15-14-10)9-6-4-2-1-3-5-7-9/h6,8,11H,1-5,7,12H2,(H,13,14,15). The van der Waals surface area contributed by atoms with Crippen LogP contribution in [-0.2, 0) is 0 Å². The van der Waals surface area contributed by atoms with Crippen LogP contribution >= 0.6 is 0 Å². The van der Waals surface area contributed by atoms with Crippen LogP contribution in [0.25, 0.3) is 0 Å². The molecule has 4 heteroatoms. The molecule has 1 unspecified atom stereocenters. The Labute approximate surface area is 89.9 Å². The molecule has 0 radical (unpaired) electrons. The van der Waals surface area contributed by atoms with Gasteiger partial charge in [-0.05, 0) is 25.7 Å². The number of aromatic amines is 1. The highest BCUT2D eigenvalue weighted by atomic mass is 15.3. The van der Waals surface area contributed by atoms with E-state index >= 15 is 0 Å². The van der Waals surface area contributed by atoms with Crippen LogP contribution in [-0.4, -0.2) is 15.4 Å². The van der Waals surface area contributed by atoms with E-state index in [0.29, 0.717) is 0 Å². The minimum absolute atomic E-state index is 0.0677. The normalized spacial score (nSPS) is 20.2. The number of allylic oxidation sites excluding steroid dienone is 1. The molecule has 1 atom stereocenters. The lowest BCUT2D eigenvalue weighted by atomic mass is 9.94. The lowest BCUT2D eigenvalue weighted by molar-refractivity contribution is 0.599. The summed E-state index contributed by atoms with van der Waals surface area (Å²) in [5.41, 5.74) is 8.32. The Morgan fingerprint density at radius 2 is 2.13 bits per heavy atom. The number of nitrogens with two attached hydrogens (primary N) is 1. The lowest BCUT2D eigenvalue weighted by Crippen LogP contribution is -2.14. The van der Waals surface area contributed by atoms with Gasteiger partial charge in [-0.3, -0.25) is 0 Å². The predicted molar refractivity (Wildman–Crippen MR) is 59.1 cm³/mol. The summed E-state index contributed by atoms with van der Waals surface area (Å²) < 4.78 is 0. The van der Waals surface area contributed by atoms with Gasteiger partial charge in [0.15, 0.2) is 0 Å². The lowest BCUT2D eigenvalue weighted by Gasteiger charge is -2.16. The highest BCUT2D eigenvalue weighted by Gasteiger charge is 2.14. The summed E-state index contributed by atoms with van der Waals surface area (Å²) in [5.74, 6) is 0. The van der Waals surface area contributed by atoms with Gasteiger partial charge in [0.2, 0.25) is 0 Å². The number of hydrogen-bond donors (Lipinski definition) is 2. The molecule has 15 heavy (non-hydrogen) atoms. The Kier molecular flexibility index (Phi) is 3.50. The molecule has 0 bridgehead atoms. The van der Waals surface area contributed by atoms with Gasteiger partial charge in [0.1, 0.15) is 5.69 Å². The van der Waals surface area contributed by atoms with Crippen LogP contribution in [0.1, 0.15) is 50.3 Å². The van der Waals surface area contributed by atoms with Gasteiger partial charge in [-0.1, -0.05) is 24.5 Å². The number of rotatable bonds is 2. The Morgan fingerprint density at radius 3 is 2.93 bits per heavy atom. The second kappa shape index (κ2) is 5.07. The third-order valence-corrected chi connectivity index (χ3v) is 2.98. The molecule has 0 saturated carbocycles. The van der Waals surface area contributed by atoms with Gasteiger partial charge < -0.3 is 5.73 Å². The number of H-pyrrole nitrogens is 1. The van der Waals surface area contributed by atoms with Crippen molar-refractivity contribution in [1.29, 1.82) is 0 Å². The minimum atomic E-state index is -0.0677. The van der Waals surface area contributed by atoms with E-state index in [0.717, 1.165) is 18.5 Å². The average Bonchev–Trinajstić information content (AvgIpc) is 2.68. The van der Waals surface area contributed by atoms with Crippen molar-refractivity contribution in [3.05, 3.63) is 23.5 Å². The van der Waals surface area contributed by atoms with Gasteiger partial charge in [-0.15, -0.1) is 0 Å². The summed E-state index contributed by atoms with van der Waals surface area (Å²) in [4.78, 5) is 0. The minimum Gasteiger partial charge on any atom is -0.319 e. The van der Waals surface area contributed by atoms with Crippen LogP contribution in [0.15, 0.2) is 17.8 Å². The summed E-state index contributed by atoms with van der Waals surface area (Å²) in [7, 11) is 0. The molecule has 0 amide bonds. The molecule has 82 valence electrons. The van der Waals surface area contributed by atoms with Crippen LogP contribution < -0.4 is 5.73 Å². The van der Waals surface area contributed by atoms with Gasteiger partial charge in [0.25, 0.3) is 0 Å². The van der Waals surface area contributed by atoms with E-state index in [4.69, 9.17) is 5.73 Å². The molecule has 1 aliphatic rings. The van der Waals surface area contributed by atoms with E-state index in [1.165, 1.54) is 31.3 Å². The van der Waals surface area contributed by atoms with Crippen molar-refractivity contribution in [1.82, 2.24) is 15.4 Å². The Balaban J connectivity index is 2.07. The topological polar surface area (TPSA) is 67.6 Å². The molecule has 4 nitrogen and oxygen atoms in total. The molecule has 1 aliphatic carbocycles. The first-order valence-corrected chi connectivity index (χ1v) is 5.68. The first-order valence-electron chi connectivity index (χ1n) is 5.68. The highest BCUT2D eigenvalue weighted by Crippen LogP contribution is 2.25. The summed E-state index contributed by atoms with van der Waals surface area (Å²) >= 11 is 0. The van der Waals surface area contributed by atoms with Crippen molar-refractivity contribution >= 4 is 0 Å². The molecule has 0 saturated heterocycles. The molecule has 1 heterocycles. The molecule has 1 aromatic heterocycles. The Morgan fingerprint density at radius 1 is 1.27 bits per heavy atom. The van der Waals surface area contributed by atoms with Crippen LogP contribution in [0.4, 0.5) is 0 Å². The Bertz CT molecular complexity index is 315. The van der Waals surface area contributed by atoms with Crippen LogP contribution in [0.5, 0.6) is 0 Å². The first kappa shape index (κ1) is 10.4. The molecule has 3 N–H and O–H groups in total. The quantitative estimate of drug-likeness (QED) is 0.728. The van der Waals surface area contributed by atoms with Gasteiger partial charge in [-0.25, -0.2) is 0 Å². The molecular weight excluding hydrogens is 188 g/mol. The van der Waals surface area contributed by atoms with Crippen molar-refractivity contribution in [3.63, 3.8) is 0 Å². The van der Waals surface area contributed by atoms with Gasteiger partial charge in [-0.2, -0.15) is 15.4 Å². The summed E-state index contributed by atoms with van der Waals surface area (Å²) in [5, 5.41) is 10.5. The fourth-order valence-electron chi connectivity index (χ4n) is 2.05. The Hall–Kier alpha value is -1.16. The van der Waals surface area contributed by atoms with Crippen molar-refractivity contribution in [3.8, 4) is 0 Å². The van der Waals surface area contributed by atoms with E-state index in [1.54, 1.807) is 6.20 Å². The van der Waals surface area contributed by atoms with Crippen molar-refractivity contribution in [2.24, 2.45) is 5.73 Å². The zero-order valence-electron chi connectivity index (χ0n) is 8.95. The maximum Gasteiger partial charge on any atom is 0.103 e. The molecule has 0 fully saturated rings. The van der Waals surface area contributed by atoms with E-state index in [9.17, 15) is 0 Å². The van der Waals surface area contributed by atoms with E-state index in [-0.39, 0.29) is 6.04 Å². The smallest absolute Gasteiger partial charge is 0.103 e. The molecular formula is C11H18N4. The third kappa shape index (κ3) is 2.65. The summed E-state index contributed by atoms with van der Waals surface area (Å²) in [6.45, 7) is 0. The number of hydrogen-bond acceptors (Lipinski definition) is 3. The van der Waals surface area contributed by atoms with Crippen molar-refractivity contribution < 1.29 is 0 Å². The number of nitrogens with zero attached hydrogens (tertiary/aromatic N) is 2. The van der Waals surface area contributed by atoms with Crippen molar-refractivity contribution in [2.45, 2.75) is 44.6 Å². The number of aromatic nitrogens is 3. The SMILES string of the molecule is NC(C1=CCCCCCC1)c1cn[nH]n1. The fraction of sp³-hybridized carbons (Fsp3) is 0.636. The van der Waals surface area contributed by atoms with Crippen LogP contribution in [0, 0.1) is 0 Å². The van der Waals surface area contributed by atoms with Gasteiger partial charge in [0, 0.05) is 0 Å². The third-order valence-electron chi connectivity index (χ3n) is 2.98. The molecule has 1 aromatic rings. The van der Waals surface area contributed by atoms with Crippen LogP contribution in [0.2, 0.25) is 0 Å². The van der Waals surface area contributed by atoms with Gasteiger partial charge >= 0.3 is 0 Å². The van der Waals surface area contributed by atoms with E-state index in [1.807, 2.05) is 0 Å². The first-order chi connectivity index (χ1) is 7.38. The van der Waals surface area contributed by atoms with E-state index < -0.39 is 0 Å². The maximum absolute atomic E-state index is 6.14. The number of nitrogens with one attached hydrogen (secondary N) is 1. The highest BCUT2D eigenvalue weighted by molar-refractivity contribution is 5.19. The largest absolute Gasteiger partial charge is 0.319 e. The van der Waals surface area contributed by atoms with E-state index in [2.05, 4.69) is 21.5 Å². The van der Waals surface area contributed by atoms with Gasteiger partial charge in [0.05, 0.1) is 12.2 Å². The fourth-order valence-corrected chi connectivity index (χ4v) is 2.05.